The lowest BCUT2D eigenvalue weighted by molar-refractivity contribution is -0.153. The summed E-state index contributed by atoms with van der Waals surface area (Å²) >= 11 is 0. The van der Waals surface area contributed by atoms with Gasteiger partial charge in [-0.05, 0) is 23.0 Å². The van der Waals surface area contributed by atoms with Crippen LogP contribution in [0.15, 0.2) is 22.8 Å². The van der Waals surface area contributed by atoms with Crippen LogP contribution < -0.4 is 0 Å². The lowest BCUT2D eigenvalue weighted by atomic mass is 10.0. The van der Waals surface area contributed by atoms with E-state index in [1.165, 1.54) is 0 Å². The second-order valence-corrected chi connectivity index (χ2v) is 6.23. The lowest BCUT2D eigenvalue weighted by Crippen LogP contribution is -2.15. The summed E-state index contributed by atoms with van der Waals surface area (Å²) in [6, 6.07) is 3.54. The molecule has 0 saturated heterocycles. The van der Waals surface area contributed by atoms with Crippen LogP contribution in [0.25, 0.3) is 0 Å². The highest BCUT2D eigenvalue weighted by Crippen LogP contribution is 2.68. The van der Waals surface area contributed by atoms with Crippen LogP contribution in [0.5, 0.6) is 0 Å². The van der Waals surface area contributed by atoms with Crippen LogP contribution in [-0.4, -0.2) is 5.97 Å². The third-order valence-corrected chi connectivity index (χ3v) is 4.68. The van der Waals surface area contributed by atoms with Crippen molar-refractivity contribution in [3.05, 3.63) is 24.2 Å². The summed E-state index contributed by atoms with van der Waals surface area (Å²) in [6.07, 6.45) is 6.72. The van der Waals surface area contributed by atoms with Gasteiger partial charge in [0.1, 0.15) is 5.76 Å². The van der Waals surface area contributed by atoms with Crippen molar-refractivity contribution in [2.45, 2.75) is 40.2 Å². The summed E-state index contributed by atoms with van der Waals surface area (Å²) in [4.78, 5) is 12.3. The second kappa shape index (κ2) is 4.45. The number of ether oxygens (including phenoxy) is 1. The number of rotatable bonds is 4. The molecule has 2 rings (SSSR count). The van der Waals surface area contributed by atoms with Crippen LogP contribution >= 0.6 is 0 Å². The van der Waals surface area contributed by atoms with Crippen LogP contribution in [0.2, 0.25) is 0 Å². The van der Waals surface area contributed by atoms with E-state index in [-0.39, 0.29) is 22.7 Å². The van der Waals surface area contributed by atoms with E-state index >= 15 is 0 Å². The molecule has 1 aliphatic rings. The van der Waals surface area contributed by atoms with Crippen molar-refractivity contribution in [1.29, 1.82) is 0 Å². The van der Waals surface area contributed by atoms with E-state index in [0.717, 1.165) is 0 Å². The summed E-state index contributed by atoms with van der Waals surface area (Å²) in [5, 5.41) is 0. The van der Waals surface area contributed by atoms with E-state index in [4.69, 9.17) is 15.6 Å². The summed E-state index contributed by atoms with van der Waals surface area (Å²) in [5.74, 6) is 2.85. The average Bonchev–Trinajstić information content (AvgIpc) is 2.73. The third-order valence-electron chi connectivity index (χ3n) is 4.68. The lowest BCUT2D eigenvalue weighted by Gasteiger charge is -2.14. The Hall–Kier alpha value is -1.69. The fraction of sp³-hybridized carbons (Fsp3) is 0.562. The minimum absolute atomic E-state index is 0.0338. The van der Waals surface area contributed by atoms with Crippen molar-refractivity contribution >= 4 is 5.97 Å². The number of hydrogen-bond acceptors (Lipinski definition) is 3. The molecule has 0 aliphatic heterocycles. The molecule has 0 amide bonds. The van der Waals surface area contributed by atoms with E-state index in [9.17, 15) is 4.79 Å². The fourth-order valence-electron chi connectivity index (χ4n) is 2.78. The van der Waals surface area contributed by atoms with Crippen molar-refractivity contribution in [2.24, 2.45) is 16.7 Å². The van der Waals surface area contributed by atoms with Crippen LogP contribution in [0.1, 0.15) is 46.0 Å². The van der Waals surface area contributed by atoms with Gasteiger partial charge in [-0.1, -0.05) is 27.7 Å². The van der Waals surface area contributed by atoms with Gasteiger partial charge in [-0.2, -0.15) is 0 Å². The maximum Gasteiger partial charge on any atom is 0.310 e. The highest BCUT2D eigenvalue weighted by atomic mass is 16.6. The maximum absolute atomic E-state index is 12.3. The van der Waals surface area contributed by atoms with E-state index in [1.54, 1.807) is 18.4 Å². The summed E-state index contributed by atoms with van der Waals surface area (Å²) in [5.41, 5.74) is -0.0676. The predicted molar refractivity (Wildman–Crippen MR) is 72.0 cm³/mol. The first kappa shape index (κ1) is 13.7. The molecule has 0 spiro atoms. The van der Waals surface area contributed by atoms with E-state index in [0.29, 0.717) is 12.2 Å². The Morgan fingerprint density at radius 3 is 2.53 bits per heavy atom. The minimum atomic E-state index is -0.486. The maximum atomic E-state index is 12.3. The molecule has 1 aliphatic carbocycles. The molecule has 1 aromatic rings. The Morgan fingerprint density at radius 2 is 2.11 bits per heavy atom. The highest BCUT2D eigenvalue weighted by molar-refractivity contribution is 5.79. The largest absolute Gasteiger partial charge is 0.465 e. The van der Waals surface area contributed by atoms with Crippen molar-refractivity contribution in [3.63, 3.8) is 0 Å². The molecule has 0 N–H and O–H groups in total. The van der Waals surface area contributed by atoms with Crippen molar-refractivity contribution < 1.29 is 13.9 Å². The molecule has 1 fully saturated rings. The number of carbonyl (C=O) groups excluding carboxylic acids is 1. The predicted octanol–water partition coefficient (Wildman–Crippen LogP) is 3.57. The second-order valence-electron chi connectivity index (χ2n) is 6.23. The van der Waals surface area contributed by atoms with E-state index in [1.807, 2.05) is 0 Å². The van der Waals surface area contributed by atoms with Gasteiger partial charge in [-0.3, -0.25) is 4.79 Å². The van der Waals surface area contributed by atoms with Crippen LogP contribution in [-0.2, 0) is 9.53 Å². The van der Waals surface area contributed by atoms with Gasteiger partial charge in [-0.15, -0.1) is 12.3 Å². The minimum Gasteiger partial charge on any atom is -0.465 e. The smallest absolute Gasteiger partial charge is 0.310 e. The first-order valence-electron chi connectivity index (χ1n) is 6.49. The first-order chi connectivity index (χ1) is 8.82. The third kappa shape index (κ3) is 2.16. The molecule has 0 radical (unpaired) electrons. The van der Waals surface area contributed by atoms with Gasteiger partial charge in [0.05, 0.1) is 18.6 Å². The van der Waals surface area contributed by atoms with Crippen LogP contribution in [0.4, 0.5) is 0 Å². The van der Waals surface area contributed by atoms with Crippen molar-refractivity contribution in [1.82, 2.24) is 0 Å². The molecular weight excluding hydrogens is 240 g/mol. The van der Waals surface area contributed by atoms with Crippen molar-refractivity contribution in [3.8, 4) is 12.3 Å². The molecule has 19 heavy (non-hydrogen) atoms. The van der Waals surface area contributed by atoms with Gasteiger partial charge >= 0.3 is 5.97 Å². The molecular formula is C16H20O3. The van der Waals surface area contributed by atoms with Gasteiger partial charge in [0.25, 0.3) is 0 Å². The van der Waals surface area contributed by atoms with Gasteiger partial charge in [0.2, 0.25) is 0 Å². The number of esters is 1. The molecule has 3 nitrogen and oxygen atoms in total. The number of furan rings is 1. The molecule has 1 unspecified atom stereocenters. The first-order valence-corrected chi connectivity index (χ1v) is 6.49. The summed E-state index contributed by atoms with van der Waals surface area (Å²) in [7, 11) is 0. The normalized spacial score (nSPS) is 21.4. The molecule has 1 heterocycles. The quantitative estimate of drug-likeness (QED) is 0.613. The average molecular weight is 260 g/mol. The zero-order chi connectivity index (χ0) is 14.3. The topological polar surface area (TPSA) is 39.4 Å². The zero-order valence-electron chi connectivity index (χ0n) is 11.9. The van der Waals surface area contributed by atoms with Crippen molar-refractivity contribution in [2.75, 3.05) is 0 Å². The van der Waals surface area contributed by atoms with Crippen LogP contribution in [0, 0.1) is 29.1 Å². The molecule has 0 aromatic carbocycles. The molecule has 3 heteroatoms. The molecule has 1 atom stereocenters. The monoisotopic (exact) mass is 260 g/mol. The Kier molecular flexibility index (Phi) is 3.22. The summed E-state index contributed by atoms with van der Waals surface area (Å²) < 4.78 is 10.8. The summed E-state index contributed by atoms with van der Waals surface area (Å²) in [6.45, 7) is 8.34. The number of hydrogen-bond donors (Lipinski definition) is 0. The number of carbonyl (C=O) groups is 1. The zero-order valence-corrected chi connectivity index (χ0v) is 11.9. The van der Waals surface area contributed by atoms with E-state index < -0.39 is 6.10 Å². The van der Waals surface area contributed by atoms with Gasteiger partial charge in [-0.25, -0.2) is 0 Å². The Balaban J connectivity index is 2.08. The standard InChI is InChI=1S/C16H20O3/c1-6-8-12(11-9-7-10-18-11)19-14(17)13-15(2,3)16(13,4)5/h1,7,9-10,12-13H,8H2,2-5H3. The van der Waals surface area contributed by atoms with Gasteiger partial charge < -0.3 is 9.15 Å². The molecule has 0 bridgehead atoms. The molecule has 1 aromatic heterocycles. The number of terminal acetylenes is 1. The molecule has 102 valence electrons. The van der Waals surface area contributed by atoms with Gasteiger partial charge in [0, 0.05) is 0 Å². The van der Waals surface area contributed by atoms with E-state index in [2.05, 4.69) is 33.6 Å². The SMILES string of the molecule is C#CCC(OC(=O)C1C(C)(C)C1(C)C)c1ccco1. The highest BCUT2D eigenvalue weighted by Gasteiger charge is 2.69. The van der Waals surface area contributed by atoms with Crippen LogP contribution in [0.3, 0.4) is 0 Å². The molecule has 1 saturated carbocycles. The van der Waals surface area contributed by atoms with Gasteiger partial charge in [0.15, 0.2) is 6.10 Å². The Bertz CT molecular complexity index is 489. The Morgan fingerprint density at radius 1 is 1.47 bits per heavy atom. The fourth-order valence-corrected chi connectivity index (χ4v) is 2.78. The Labute approximate surface area is 114 Å².